The minimum absolute atomic E-state index is 0.0283. The molecule has 8 heteroatoms. The Morgan fingerprint density at radius 3 is 2.53 bits per heavy atom. The highest BCUT2D eigenvalue weighted by Gasteiger charge is 2.21. The molecular formula is C9H5BrF3N3O. The van der Waals surface area contributed by atoms with Crippen molar-refractivity contribution < 1.29 is 17.7 Å². The lowest BCUT2D eigenvalue weighted by Gasteiger charge is -2.02. The molecule has 0 atom stereocenters. The first-order chi connectivity index (χ1) is 8.04. The molecule has 0 aliphatic carbocycles. The molecule has 0 aliphatic heterocycles. The van der Waals surface area contributed by atoms with E-state index in [1.807, 2.05) is 0 Å². The van der Waals surface area contributed by atoms with E-state index >= 15 is 0 Å². The first-order valence-electron chi connectivity index (χ1n) is 4.40. The predicted molar refractivity (Wildman–Crippen MR) is 55.2 cm³/mol. The molecule has 2 N–H and O–H groups in total. The van der Waals surface area contributed by atoms with E-state index in [0.717, 1.165) is 6.07 Å². The van der Waals surface area contributed by atoms with Gasteiger partial charge in [0.05, 0.1) is 16.6 Å². The zero-order valence-electron chi connectivity index (χ0n) is 8.18. The van der Waals surface area contributed by atoms with Gasteiger partial charge >= 0.3 is 0 Å². The third-order valence-corrected chi connectivity index (χ3v) is 2.56. The number of hydrogen-bond donors (Lipinski definition) is 1. The van der Waals surface area contributed by atoms with Crippen LogP contribution < -0.4 is 5.73 Å². The molecule has 0 saturated carbocycles. The zero-order valence-corrected chi connectivity index (χ0v) is 9.76. The molecule has 90 valence electrons. The van der Waals surface area contributed by atoms with Crippen LogP contribution in [-0.4, -0.2) is 10.1 Å². The summed E-state index contributed by atoms with van der Waals surface area (Å²) >= 11 is 2.76. The van der Waals surface area contributed by atoms with Crippen LogP contribution in [0.4, 0.5) is 13.2 Å². The van der Waals surface area contributed by atoms with Crippen molar-refractivity contribution >= 4 is 15.9 Å². The largest absolute Gasteiger partial charge is 0.338 e. The monoisotopic (exact) mass is 307 g/mol. The second-order valence-corrected chi connectivity index (χ2v) is 3.92. The Morgan fingerprint density at radius 2 is 1.94 bits per heavy atom. The Kier molecular flexibility index (Phi) is 3.16. The van der Waals surface area contributed by atoms with E-state index in [1.165, 1.54) is 0 Å². The zero-order chi connectivity index (χ0) is 12.6. The van der Waals surface area contributed by atoms with Gasteiger partial charge in [-0.2, -0.15) is 4.98 Å². The lowest BCUT2D eigenvalue weighted by atomic mass is 10.2. The normalized spacial score (nSPS) is 10.9. The maximum Gasteiger partial charge on any atom is 0.240 e. The summed E-state index contributed by atoms with van der Waals surface area (Å²) in [5, 5.41) is 3.41. The number of halogens is 4. The van der Waals surface area contributed by atoms with Gasteiger partial charge < -0.3 is 10.3 Å². The summed E-state index contributed by atoms with van der Waals surface area (Å²) in [6.45, 7) is -0.0283. The van der Waals surface area contributed by atoms with Crippen LogP contribution in [0.15, 0.2) is 15.1 Å². The van der Waals surface area contributed by atoms with E-state index < -0.39 is 17.5 Å². The van der Waals surface area contributed by atoms with Crippen molar-refractivity contribution in [1.29, 1.82) is 0 Å². The Morgan fingerprint density at radius 1 is 1.24 bits per heavy atom. The van der Waals surface area contributed by atoms with Gasteiger partial charge in [0.25, 0.3) is 0 Å². The maximum absolute atomic E-state index is 13.5. The predicted octanol–water partition coefficient (Wildman–Crippen LogP) is 2.38. The Labute approximate surface area is 102 Å². The van der Waals surface area contributed by atoms with Crippen LogP contribution in [0.25, 0.3) is 11.4 Å². The maximum atomic E-state index is 13.5. The Balaban J connectivity index is 2.59. The average molecular weight is 308 g/mol. The first kappa shape index (κ1) is 12.1. The van der Waals surface area contributed by atoms with Gasteiger partial charge in [-0.05, 0) is 22.0 Å². The topological polar surface area (TPSA) is 64.9 Å². The number of nitrogens with two attached hydrogens (primary N) is 1. The van der Waals surface area contributed by atoms with E-state index in [4.69, 9.17) is 5.73 Å². The van der Waals surface area contributed by atoms with E-state index in [2.05, 4.69) is 30.6 Å². The van der Waals surface area contributed by atoms with Crippen molar-refractivity contribution in [2.45, 2.75) is 6.54 Å². The van der Waals surface area contributed by atoms with Crippen molar-refractivity contribution in [3.8, 4) is 11.4 Å². The molecule has 0 saturated heterocycles. The molecule has 4 nitrogen and oxygen atoms in total. The van der Waals surface area contributed by atoms with Crippen molar-refractivity contribution in [3.05, 3.63) is 33.9 Å². The van der Waals surface area contributed by atoms with Gasteiger partial charge in [0, 0.05) is 0 Å². The minimum atomic E-state index is -1.60. The van der Waals surface area contributed by atoms with Crippen LogP contribution in [0.1, 0.15) is 5.89 Å². The van der Waals surface area contributed by atoms with E-state index in [1.54, 1.807) is 0 Å². The highest BCUT2D eigenvalue weighted by Crippen LogP contribution is 2.29. The fourth-order valence-electron chi connectivity index (χ4n) is 1.18. The van der Waals surface area contributed by atoms with Gasteiger partial charge in [0.1, 0.15) is 0 Å². The lowest BCUT2D eigenvalue weighted by molar-refractivity contribution is 0.380. The Hall–Kier alpha value is -1.41. The second kappa shape index (κ2) is 4.46. The fourth-order valence-corrected chi connectivity index (χ4v) is 1.59. The van der Waals surface area contributed by atoms with Crippen LogP contribution in [0.3, 0.4) is 0 Å². The molecule has 0 spiro atoms. The molecule has 0 amide bonds. The molecule has 2 rings (SSSR count). The summed E-state index contributed by atoms with van der Waals surface area (Å²) in [6, 6.07) is 1.03. The molecule has 0 bridgehead atoms. The van der Waals surface area contributed by atoms with E-state index in [-0.39, 0.29) is 28.3 Å². The molecule has 1 aromatic carbocycles. The summed E-state index contributed by atoms with van der Waals surface area (Å²) in [5.41, 5.74) is 4.92. The van der Waals surface area contributed by atoms with E-state index in [9.17, 15) is 13.2 Å². The highest BCUT2D eigenvalue weighted by molar-refractivity contribution is 9.10. The van der Waals surface area contributed by atoms with Crippen molar-refractivity contribution in [2.24, 2.45) is 5.73 Å². The van der Waals surface area contributed by atoms with Crippen LogP contribution in [0, 0.1) is 17.5 Å². The van der Waals surface area contributed by atoms with Gasteiger partial charge in [0.2, 0.25) is 11.7 Å². The highest BCUT2D eigenvalue weighted by atomic mass is 79.9. The molecule has 17 heavy (non-hydrogen) atoms. The van der Waals surface area contributed by atoms with Crippen molar-refractivity contribution in [1.82, 2.24) is 10.1 Å². The summed E-state index contributed by atoms with van der Waals surface area (Å²) in [6.07, 6.45) is 0. The van der Waals surface area contributed by atoms with Gasteiger partial charge in [-0.25, -0.2) is 13.2 Å². The summed E-state index contributed by atoms with van der Waals surface area (Å²) in [5.74, 6) is -4.42. The summed E-state index contributed by atoms with van der Waals surface area (Å²) in [7, 11) is 0. The van der Waals surface area contributed by atoms with E-state index in [0.29, 0.717) is 0 Å². The molecule has 0 unspecified atom stereocenters. The van der Waals surface area contributed by atoms with Gasteiger partial charge in [-0.1, -0.05) is 5.16 Å². The van der Waals surface area contributed by atoms with Crippen molar-refractivity contribution in [3.63, 3.8) is 0 Å². The molecule has 2 aromatic rings. The molecule has 1 aromatic heterocycles. The summed E-state index contributed by atoms with van der Waals surface area (Å²) < 4.78 is 44.0. The molecule has 1 heterocycles. The van der Waals surface area contributed by atoms with Gasteiger partial charge in [-0.3, -0.25) is 0 Å². The SMILES string of the molecule is NCc1nc(-c2cc(Br)c(F)c(F)c2F)no1. The molecule has 0 fully saturated rings. The second-order valence-electron chi connectivity index (χ2n) is 3.06. The third kappa shape index (κ3) is 2.05. The Bertz CT molecular complexity index is 573. The number of rotatable bonds is 2. The lowest BCUT2D eigenvalue weighted by Crippen LogP contribution is -1.98. The van der Waals surface area contributed by atoms with Gasteiger partial charge in [0.15, 0.2) is 17.5 Å². The number of nitrogens with zero attached hydrogens (tertiary/aromatic N) is 2. The molecule has 0 radical (unpaired) electrons. The standard InChI is InChI=1S/C9H5BrF3N3O/c10-4-1-3(6(11)8(13)7(4)12)9-15-5(2-14)17-16-9/h1H,2,14H2. The smallest absolute Gasteiger partial charge is 0.240 e. The number of aromatic nitrogens is 2. The quantitative estimate of drug-likeness (QED) is 0.683. The van der Waals surface area contributed by atoms with Crippen molar-refractivity contribution in [2.75, 3.05) is 0 Å². The van der Waals surface area contributed by atoms with Crippen LogP contribution in [0.2, 0.25) is 0 Å². The molecule has 0 aliphatic rings. The van der Waals surface area contributed by atoms with Gasteiger partial charge in [-0.15, -0.1) is 0 Å². The molecular weight excluding hydrogens is 303 g/mol. The minimum Gasteiger partial charge on any atom is -0.338 e. The van der Waals surface area contributed by atoms with Crippen LogP contribution >= 0.6 is 15.9 Å². The fraction of sp³-hybridized carbons (Fsp3) is 0.111. The average Bonchev–Trinajstić information content (AvgIpc) is 2.79. The van der Waals surface area contributed by atoms with Crippen LogP contribution in [-0.2, 0) is 6.54 Å². The first-order valence-corrected chi connectivity index (χ1v) is 5.20. The number of hydrogen-bond acceptors (Lipinski definition) is 4. The van der Waals surface area contributed by atoms with Crippen LogP contribution in [0.5, 0.6) is 0 Å². The summed E-state index contributed by atoms with van der Waals surface area (Å²) in [4.78, 5) is 3.72. The number of benzene rings is 1. The third-order valence-electron chi connectivity index (χ3n) is 1.99.